The van der Waals surface area contributed by atoms with Crippen LogP contribution < -0.4 is 0 Å². The van der Waals surface area contributed by atoms with Crippen molar-refractivity contribution in [3.8, 4) is 0 Å². The molecule has 1 aromatic rings. The Kier molecular flexibility index (Phi) is 3.86. The molecule has 1 rings (SSSR count). The van der Waals surface area contributed by atoms with Gasteiger partial charge in [0.15, 0.2) is 0 Å². The van der Waals surface area contributed by atoms with E-state index in [1.165, 1.54) is 0 Å². The third kappa shape index (κ3) is 4.55. The SMILES string of the molecule is CS(=O)(=O)OCCc1ccnc(Cl)c1. The summed E-state index contributed by atoms with van der Waals surface area (Å²) >= 11 is 5.64. The molecule has 6 heteroatoms. The molecule has 78 valence electrons. The lowest BCUT2D eigenvalue weighted by Crippen LogP contribution is -2.06. The fourth-order valence-corrected chi connectivity index (χ4v) is 1.49. The normalized spacial score (nSPS) is 11.6. The summed E-state index contributed by atoms with van der Waals surface area (Å²) in [5.41, 5.74) is 0.897. The molecule has 1 heterocycles. The highest BCUT2D eigenvalue weighted by Crippen LogP contribution is 2.07. The number of pyridine rings is 1. The Labute approximate surface area is 88.0 Å². The van der Waals surface area contributed by atoms with Crippen molar-refractivity contribution in [2.75, 3.05) is 12.9 Å². The standard InChI is InChI=1S/C8H10ClNO3S/c1-14(11,12)13-5-3-7-2-4-10-8(9)6-7/h2,4,6H,3,5H2,1H3. The van der Waals surface area contributed by atoms with Crippen molar-refractivity contribution in [3.05, 3.63) is 29.0 Å². The second-order valence-electron chi connectivity index (χ2n) is 2.76. The van der Waals surface area contributed by atoms with Gasteiger partial charge >= 0.3 is 0 Å². The van der Waals surface area contributed by atoms with Gasteiger partial charge in [0, 0.05) is 6.20 Å². The Hall–Kier alpha value is -0.650. The fourth-order valence-electron chi connectivity index (χ4n) is 0.909. The predicted octanol–water partition coefficient (Wildman–Crippen LogP) is 1.25. The van der Waals surface area contributed by atoms with Gasteiger partial charge in [-0.1, -0.05) is 11.6 Å². The van der Waals surface area contributed by atoms with Crippen molar-refractivity contribution in [1.29, 1.82) is 0 Å². The molecule has 0 amide bonds. The van der Waals surface area contributed by atoms with E-state index in [0.717, 1.165) is 11.8 Å². The van der Waals surface area contributed by atoms with E-state index in [1.54, 1.807) is 18.3 Å². The molecular weight excluding hydrogens is 226 g/mol. The summed E-state index contributed by atoms with van der Waals surface area (Å²) in [5.74, 6) is 0. The first kappa shape index (κ1) is 11.4. The van der Waals surface area contributed by atoms with Crippen molar-refractivity contribution < 1.29 is 12.6 Å². The zero-order valence-corrected chi connectivity index (χ0v) is 9.18. The Balaban J connectivity index is 2.47. The van der Waals surface area contributed by atoms with Crippen LogP contribution in [0.1, 0.15) is 5.56 Å². The van der Waals surface area contributed by atoms with Crippen LogP contribution in [0.15, 0.2) is 18.3 Å². The van der Waals surface area contributed by atoms with Crippen LogP contribution in [-0.2, 0) is 20.7 Å². The topological polar surface area (TPSA) is 56.3 Å². The summed E-state index contributed by atoms with van der Waals surface area (Å²) in [6.07, 6.45) is 3.08. The molecule has 0 bridgehead atoms. The second-order valence-corrected chi connectivity index (χ2v) is 4.79. The van der Waals surface area contributed by atoms with Crippen LogP contribution in [0.25, 0.3) is 0 Å². The largest absolute Gasteiger partial charge is 0.270 e. The quantitative estimate of drug-likeness (QED) is 0.582. The maximum Gasteiger partial charge on any atom is 0.264 e. The first-order chi connectivity index (χ1) is 6.47. The lowest BCUT2D eigenvalue weighted by atomic mass is 10.2. The van der Waals surface area contributed by atoms with Gasteiger partial charge in [-0.05, 0) is 24.1 Å². The molecular formula is C8H10ClNO3S. The van der Waals surface area contributed by atoms with Crippen LogP contribution in [0.4, 0.5) is 0 Å². The molecule has 0 fully saturated rings. The Bertz CT molecular complexity index is 405. The third-order valence-electron chi connectivity index (χ3n) is 1.48. The maximum atomic E-state index is 10.6. The van der Waals surface area contributed by atoms with Crippen LogP contribution in [0.3, 0.4) is 0 Å². The summed E-state index contributed by atoms with van der Waals surface area (Å²) in [6.45, 7) is 0.124. The highest BCUT2D eigenvalue weighted by atomic mass is 35.5. The van der Waals surface area contributed by atoms with E-state index in [0.29, 0.717) is 11.6 Å². The van der Waals surface area contributed by atoms with Crippen LogP contribution in [0.5, 0.6) is 0 Å². The van der Waals surface area contributed by atoms with Crippen LogP contribution in [-0.4, -0.2) is 26.3 Å². The Morgan fingerprint density at radius 2 is 2.29 bits per heavy atom. The molecule has 0 atom stereocenters. The molecule has 4 nitrogen and oxygen atoms in total. The number of hydrogen-bond donors (Lipinski definition) is 0. The van der Waals surface area contributed by atoms with Gasteiger partial charge in [0.25, 0.3) is 10.1 Å². The van der Waals surface area contributed by atoms with Crippen molar-refractivity contribution in [2.45, 2.75) is 6.42 Å². The van der Waals surface area contributed by atoms with E-state index in [2.05, 4.69) is 9.17 Å². The molecule has 0 aliphatic heterocycles. The van der Waals surface area contributed by atoms with Gasteiger partial charge in [0.2, 0.25) is 0 Å². The van der Waals surface area contributed by atoms with Crippen molar-refractivity contribution in [3.63, 3.8) is 0 Å². The summed E-state index contributed by atoms with van der Waals surface area (Å²) in [4.78, 5) is 3.80. The summed E-state index contributed by atoms with van der Waals surface area (Å²) in [6, 6.07) is 3.44. The van der Waals surface area contributed by atoms with E-state index in [9.17, 15) is 8.42 Å². The molecule has 1 aromatic heterocycles. The monoisotopic (exact) mass is 235 g/mol. The first-order valence-electron chi connectivity index (χ1n) is 3.92. The lowest BCUT2D eigenvalue weighted by Gasteiger charge is -2.01. The molecule has 0 aromatic carbocycles. The Morgan fingerprint density at radius 1 is 1.57 bits per heavy atom. The minimum Gasteiger partial charge on any atom is -0.270 e. The van der Waals surface area contributed by atoms with Gasteiger partial charge in [0.05, 0.1) is 12.9 Å². The van der Waals surface area contributed by atoms with Gasteiger partial charge in [-0.2, -0.15) is 8.42 Å². The summed E-state index contributed by atoms with van der Waals surface area (Å²) in [5, 5.41) is 0.391. The minimum atomic E-state index is -3.35. The summed E-state index contributed by atoms with van der Waals surface area (Å²) < 4.78 is 25.8. The average Bonchev–Trinajstić information content (AvgIpc) is 2.01. The maximum absolute atomic E-state index is 10.6. The highest BCUT2D eigenvalue weighted by molar-refractivity contribution is 7.85. The fraction of sp³-hybridized carbons (Fsp3) is 0.375. The van der Waals surface area contributed by atoms with Gasteiger partial charge in [-0.3, -0.25) is 4.18 Å². The van der Waals surface area contributed by atoms with E-state index in [4.69, 9.17) is 11.6 Å². The molecule has 0 aliphatic carbocycles. The van der Waals surface area contributed by atoms with E-state index in [1.807, 2.05) is 0 Å². The molecule has 0 saturated carbocycles. The van der Waals surface area contributed by atoms with Crippen LogP contribution >= 0.6 is 11.6 Å². The Morgan fingerprint density at radius 3 is 2.86 bits per heavy atom. The minimum absolute atomic E-state index is 0.124. The molecule has 0 unspecified atom stereocenters. The van der Waals surface area contributed by atoms with Gasteiger partial charge in [-0.15, -0.1) is 0 Å². The van der Waals surface area contributed by atoms with E-state index < -0.39 is 10.1 Å². The molecule has 0 spiro atoms. The molecule has 0 aliphatic rings. The van der Waals surface area contributed by atoms with Gasteiger partial charge in [0.1, 0.15) is 5.15 Å². The second kappa shape index (κ2) is 4.72. The van der Waals surface area contributed by atoms with Crippen LogP contribution in [0.2, 0.25) is 5.15 Å². The third-order valence-corrected chi connectivity index (χ3v) is 2.28. The van der Waals surface area contributed by atoms with Crippen molar-refractivity contribution in [2.24, 2.45) is 0 Å². The van der Waals surface area contributed by atoms with E-state index >= 15 is 0 Å². The number of rotatable bonds is 4. The van der Waals surface area contributed by atoms with Gasteiger partial charge in [-0.25, -0.2) is 4.98 Å². The molecule has 0 N–H and O–H groups in total. The smallest absolute Gasteiger partial charge is 0.264 e. The van der Waals surface area contributed by atoms with Crippen molar-refractivity contribution >= 4 is 21.7 Å². The average molecular weight is 236 g/mol. The highest BCUT2D eigenvalue weighted by Gasteiger charge is 2.01. The zero-order valence-electron chi connectivity index (χ0n) is 7.60. The summed E-state index contributed by atoms with van der Waals surface area (Å²) in [7, 11) is -3.35. The molecule has 0 radical (unpaired) electrons. The lowest BCUT2D eigenvalue weighted by molar-refractivity contribution is 0.326. The van der Waals surface area contributed by atoms with Crippen molar-refractivity contribution in [1.82, 2.24) is 4.98 Å². The van der Waals surface area contributed by atoms with Gasteiger partial charge < -0.3 is 0 Å². The number of hydrogen-bond acceptors (Lipinski definition) is 4. The first-order valence-corrected chi connectivity index (χ1v) is 6.12. The number of nitrogens with zero attached hydrogens (tertiary/aromatic N) is 1. The zero-order chi connectivity index (χ0) is 10.6. The number of aromatic nitrogens is 1. The molecule has 0 saturated heterocycles. The molecule has 14 heavy (non-hydrogen) atoms. The predicted molar refractivity (Wildman–Crippen MR) is 53.7 cm³/mol. The van der Waals surface area contributed by atoms with E-state index in [-0.39, 0.29) is 6.61 Å². The number of halogens is 1. The van der Waals surface area contributed by atoms with Crippen LogP contribution in [0, 0.1) is 0 Å².